The van der Waals surface area contributed by atoms with E-state index in [0.29, 0.717) is 38.5 Å². The number of rotatable bonds is 8. The van der Waals surface area contributed by atoms with Crippen molar-refractivity contribution in [3.05, 3.63) is 35.9 Å². The fourth-order valence-electron chi connectivity index (χ4n) is 4.80. The number of amides is 1. The molecule has 2 saturated heterocycles. The normalized spacial score (nSPS) is 21.0. The number of methoxy groups -OCH3 is 1. The molecule has 0 bridgehead atoms. The summed E-state index contributed by atoms with van der Waals surface area (Å²) < 4.78 is 4.86. The maximum Gasteiger partial charge on any atom is 0.308 e. The minimum atomic E-state index is -0.143. The summed E-state index contributed by atoms with van der Waals surface area (Å²) in [6, 6.07) is 11.1. The molecule has 0 aliphatic carbocycles. The highest BCUT2D eigenvalue weighted by Gasteiger charge is 2.31. The summed E-state index contributed by atoms with van der Waals surface area (Å²) in [6.07, 6.45) is 4.80. The Labute approximate surface area is 181 Å². The van der Waals surface area contributed by atoms with Gasteiger partial charge in [-0.05, 0) is 50.8 Å². The van der Waals surface area contributed by atoms with Crippen LogP contribution in [0.4, 0.5) is 0 Å². The minimum absolute atomic E-state index is 0.0596. The molecule has 0 N–H and O–H groups in total. The van der Waals surface area contributed by atoms with Crippen LogP contribution in [0.15, 0.2) is 30.3 Å². The van der Waals surface area contributed by atoms with Gasteiger partial charge in [-0.2, -0.15) is 0 Å². The van der Waals surface area contributed by atoms with Gasteiger partial charge in [0.1, 0.15) is 0 Å². The number of ether oxygens (including phenoxy) is 1. The van der Waals surface area contributed by atoms with Gasteiger partial charge in [-0.15, -0.1) is 0 Å². The Balaban J connectivity index is 1.53. The number of esters is 1. The lowest BCUT2D eigenvalue weighted by molar-refractivity contribution is -0.149. The Hall–Kier alpha value is -1.92. The van der Waals surface area contributed by atoms with Gasteiger partial charge in [0.2, 0.25) is 5.91 Å². The molecule has 2 heterocycles. The lowest BCUT2D eigenvalue weighted by Crippen LogP contribution is -2.52. The van der Waals surface area contributed by atoms with Gasteiger partial charge in [0.15, 0.2) is 0 Å². The van der Waals surface area contributed by atoms with E-state index in [1.54, 1.807) is 0 Å². The van der Waals surface area contributed by atoms with Crippen LogP contribution in [0.25, 0.3) is 0 Å². The minimum Gasteiger partial charge on any atom is -0.469 e. The summed E-state index contributed by atoms with van der Waals surface area (Å²) >= 11 is 0. The van der Waals surface area contributed by atoms with Crippen molar-refractivity contribution in [2.24, 2.45) is 5.92 Å². The van der Waals surface area contributed by atoms with E-state index in [4.69, 9.17) is 4.74 Å². The van der Waals surface area contributed by atoms with Crippen LogP contribution in [0.3, 0.4) is 0 Å². The van der Waals surface area contributed by atoms with E-state index in [1.165, 1.54) is 19.1 Å². The predicted molar refractivity (Wildman–Crippen MR) is 118 cm³/mol. The Morgan fingerprint density at radius 1 is 1.10 bits per heavy atom. The van der Waals surface area contributed by atoms with E-state index < -0.39 is 0 Å². The number of hydrogen-bond acceptors (Lipinski definition) is 5. The molecule has 0 aromatic heterocycles. The molecule has 0 spiro atoms. The first kappa shape index (κ1) is 22.8. The molecule has 1 aromatic rings. The molecule has 1 amide bonds. The zero-order chi connectivity index (χ0) is 21.3. The Morgan fingerprint density at radius 3 is 2.50 bits per heavy atom. The lowest BCUT2D eigenvalue weighted by atomic mass is 9.97. The summed E-state index contributed by atoms with van der Waals surface area (Å²) in [7, 11) is 1.44. The summed E-state index contributed by atoms with van der Waals surface area (Å²) in [6.45, 7) is 8.06. The first-order valence-corrected chi connectivity index (χ1v) is 11.5. The van der Waals surface area contributed by atoms with E-state index >= 15 is 0 Å². The van der Waals surface area contributed by atoms with E-state index in [9.17, 15) is 9.59 Å². The molecule has 2 aliphatic heterocycles. The molecule has 30 heavy (non-hydrogen) atoms. The van der Waals surface area contributed by atoms with Gasteiger partial charge < -0.3 is 9.64 Å². The highest BCUT2D eigenvalue weighted by atomic mass is 16.5. The topological polar surface area (TPSA) is 53.1 Å². The third kappa shape index (κ3) is 6.29. The molecule has 1 aromatic carbocycles. The average molecular weight is 416 g/mol. The molecule has 0 radical (unpaired) electrons. The number of likely N-dealkylation sites (tertiary alicyclic amines) is 2. The number of carbonyl (C=O) groups is 2. The highest BCUT2D eigenvalue weighted by molar-refractivity contribution is 5.79. The fraction of sp³-hybridized carbons (Fsp3) is 0.667. The molecule has 1 unspecified atom stereocenters. The van der Waals surface area contributed by atoms with Crippen LogP contribution in [0, 0.1) is 5.92 Å². The maximum atomic E-state index is 13.0. The summed E-state index contributed by atoms with van der Waals surface area (Å²) in [5.41, 5.74) is 1.35. The standard InChI is InChI=1S/C24H37N3O3/c1-3-13-27(19-23(28)26-15-11-21(12-16-26)24(29)30-2)22-10-7-14-25(18-22)17-20-8-5-4-6-9-20/h4-6,8-9,21-22H,3,7,10-19H2,1-2H3. The number of nitrogens with zero attached hydrogens (tertiary/aromatic N) is 3. The van der Waals surface area contributed by atoms with Crippen LogP contribution in [0.1, 0.15) is 44.6 Å². The third-order valence-electron chi connectivity index (χ3n) is 6.48. The zero-order valence-corrected chi connectivity index (χ0v) is 18.6. The van der Waals surface area contributed by atoms with Crippen molar-refractivity contribution in [3.8, 4) is 0 Å². The third-order valence-corrected chi connectivity index (χ3v) is 6.48. The van der Waals surface area contributed by atoms with Crippen molar-refractivity contribution in [2.45, 2.75) is 51.6 Å². The van der Waals surface area contributed by atoms with Gasteiger partial charge in [0, 0.05) is 32.2 Å². The van der Waals surface area contributed by atoms with Gasteiger partial charge in [-0.3, -0.25) is 19.4 Å². The van der Waals surface area contributed by atoms with Crippen molar-refractivity contribution in [1.29, 1.82) is 0 Å². The number of benzene rings is 1. The number of hydrogen-bond donors (Lipinski definition) is 0. The lowest BCUT2D eigenvalue weighted by Gasteiger charge is -2.40. The molecule has 1 atom stereocenters. The van der Waals surface area contributed by atoms with Gasteiger partial charge >= 0.3 is 5.97 Å². The smallest absolute Gasteiger partial charge is 0.308 e. The molecule has 0 saturated carbocycles. The number of piperidine rings is 2. The molecule has 2 fully saturated rings. The quantitative estimate of drug-likeness (QED) is 0.611. The summed E-state index contributed by atoms with van der Waals surface area (Å²) in [5.74, 6) is -0.00180. The monoisotopic (exact) mass is 415 g/mol. The van der Waals surface area contributed by atoms with Crippen molar-refractivity contribution in [2.75, 3.05) is 46.4 Å². The van der Waals surface area contributed by atoms with Crippen LogP contribution in [-0.2, 0) is 20.9 Å². The maximum absolute atomic E-state index is 13.0. The van der Waals surface area contributed by atoms with Gasteiger partial charge in [0.25, 0.3) is 0 Å². The molecule has 2 aliphatic rings. The molecule has 166 valence electrons. The van der Waals surface area contributed by atoms with Crippen molar-refractivity contribution < 1.29 is 14.3 Å². The average Bonchev–Trinajstić information content (AvgIpc) is 2.79. The van der Waals surface area contributed by atoms with Crippen LogP contribution < -0.4 is 0 Å². The van der Waals surface area contributed by atoms with Gasteiger partial charge in [0.05, 0.1) is 19.6 Å². The SMILES string of the molecule is CCCN(CC(=O)N1CCC(C(=O)OC)CC1)C1CCCN(Cc2ccccc2)C1. The molecule has 3 rings (SSSR count). The molecular weight excluding hydrogens is 378 g/mol. The summed E-state index contributed by atoms with van der Waals surface area (Å²) in [4.78, 5) is 31.6. The van der Waals surface area contributed by atoms with Gasteiger partial charge in [-0.25, -0.2) is 0 Å². The van der Waals surface area contributed by atoms with E-state index in [1.807, 2.05) is 4.90 Å². The van der Waals surface area contributed by atoms with Crippen molar-refractivity contribution in [3.63, 3.8) is 0 Å². The summed E-state index contributed by atoms with van der Waals surface area (Å²) in [5, 5.41) is 0. The Morgan fingerprint density at radius 2 is 1.83 bits per heavy atom. The second-order valence-electron chi connectivity index (χ2n) is 8.67. The fourth-order valence-corrected chi connectivity index (χ4v) is 4.80. The van der Waals surface area contributed by atoms with Crippen LogP contribution in [0.2, 0.25) is 0 Å². The largest absolute Gasteiger partial charge is 0.469 e. The Kier molecular flexibility index (Phi) is 8.70. The molecule has 6 heteroatoms. The van der Waals surface area contributed by atoms with E-state index in [2.05, 4.69) is 47.1 Å². The van der Waals surface area contributed by atoms with Crippen LogP contribution in [0.5, 0.6) is 0 Å². The van der Waals surface area contributed by atoms with Gasteiger partial charge in [-0.1, -0.05) is 37.3 Å². The number of carbonyl (C=O) groups excluding carboxylic acids is 2. The molecule has 6 nitrogen and oxygen atoms in total. The second kappa shape index (κ2) is 11.5. The second-order valence-corrected chi connectivity index (χ2v) is 8.67. The highest BCUT2D eigenvalue weighted by Crippen LogP contribution is 2.21. The van der Waals surface area contributed by atoms with E-state index in [0.717, 1.165) is 39.0 Å². The van der Waals surface area contributed by atoms with E-state index in [-0.39, 0.29) is 17.8 Å². The van der Waals surface area contributed by atoms with Crippen molar-refractivity contribution in [1.82, 2.24) is 14.7 Å². The first-order chi connectivity index (χ1) is 14.6. The van der Waals surface area contributed by atoms with Crippen molar-refractivity contribution >= 4 is 11.9 Å². The van der Waals surface area contributed by atoms with Crippen LogP contribution >= 0.6 is 0 Å². The predicted octanol–water partition coefficient (Wildman–Crippen LogP) is 2.77. The molecular formula is C24H37N3O3. The zero-order valence-electron chi connectivity index (χ0n) is 18.6. The Bertz CT molecular complexity index is 674. The first-order valence-electron chi connectivity index (χ1n) is 11.5. The van der Waals surface area contributed by atoms with Crippen LogP contribution in [-0.4, -0.2) is 79.0 Å².